The van der Waals surface area contributed by atoms with E-state index in [9.17, 15) is 4.79 Å². The molecule has 4 bridgehead atoms. The van der Waals surface area contributed by atoms with Crippen molar-refractivity contribution in [1.29, 1.82) is 0 Å². The Bertz CT molecular complexity index is 550. The second-order valence-corrected chi connectivity index (χ2v) is 11.4. The largest absolute Gasteiger partial charge is 0.298 e. The number of ketones is 1. The maximum Gasteiger partial charge on any atom is 0.149 e. The molecule has 4 heteroatoms. The first-order valence-corrected chi connectivity index (χ1v) is 10.1. The summed E-state index contributed by atoms with van der Waals surface area (Å²) < 4.78 is 0. The summed E-state index contributed by atoms with van der Waals surface area (Å²) in [6, 6.07) is 0. The monoisotopic (exact) mass is 335 g/mol. The first-order valence-electron chi connectivity index (χ1n) is 9.33. The Kier molecular flexibility index (Phi) is 2.66. The summed E-state index contributed by atoms with van der Waals surface area (Å²) in [5, 5.41) is 2.11. The number of rotatable bonds is 0. The second-order valence-electron chi connectivity index (χ2n) is 9.94. The van der Waals surface area contributed by atoms with Crippen LogP contribution in [-0.4, -0.2) is 27.7 Å². The Morgan fingerprint density at radius 1 is 0.957 bits per heavy atom. The number of thioether (sulfide) groups is 1. The lowest BCUT2D eigenvalue weighted by Gasteiger charge is -2.65. The lowest BCUT2D eigenvalue weighted by molar-refractivity contribution is -0.297. The molecule has 0 radical (unpaired) electrons. The van der Waals surface area contributed by atoms with Gasteiger partial charge in [0.1, 0.15) is 15.6 Å². The van der Waals surface area contributed by atoms with Crippen LogP contribution in [0.15, 0.2) is 0 Å². The van der Waals surface area contributed by atoms with Crippen LogP contribution in [0.3, 0.4) is 0 Å². The van der Waals surface area contributed by atoms with Gasteiger partial charge in [-0.1, -0.05) is 39.5 Å². The number of hydrogen-bond acceptors (Lipinski definition) is 4. The van der Waals surface area contributed by atoms with Crippen LogP contribution in [-0.2, 0) is 9.63 Å². The topological polar surface area (TPSA) is 29.5 Å². The van der Waals surface area contributed by atoms with Crippen LogP contribution in [0.25, 0.3) is 0 Å². The number of hydrogen-bond donors (Lipinski definition) is 0. The van der Waals surface area contributed by atoms with Crippen LogP contribution in [0.2, 0.25) is 0 Å². The third-order valence-corrected chi connectivity index (χ3v) is 10.8. The Morgan fingerprint density at radius 3 is 1.91 bits per heavy atom. The van der Waals surface area contributed by atoms with Crippen molar-refractivity contribution in [2.45, 2.75) is 69.6 Å². The molecule has 6 rings (SSSR count). The van der Waals surface area contributed by atoms with Gasteiger partial charge in [0.15, 0.2) is 0 Å². The van der Waals surface area contributed by atoms with E-state index in [1.54, 1.807) is 0 Å². The van der Waals surface area contributed by atoms with Crippen LogP contribution in [0.5, 0.6) is 0 Å². The zero-order chi connectivity index (χ0) is 16.4. The fraction of sp³-hybridized carbons (Fsp3) is 0.947. The third-order valence-electron chi connectivity index (χ3n) is 8.14. The first kappa shape index (κ1) is 15.2. The Balaban J connectivity index is 1.58. The van der Waals surface area contributed by atoms with Gasteiger partial charge in [-0.05, 0) is 43.9 Å². The molecular weight excluding hydrogens is 306 g/mol. The SMILES string of the molecule is CN1OC2(SC13C(C)(C)C(=O)C3(C)C)C1CC3CC(C1)CC2C3. The van der Waals surface area contributed by atoms with Gasteiger partial charge in [0.2, 0.25) is 0 Å². The number of nitrogens with zero attached hydrogens (tertiary/aromatic N) is 1. The average Bonchev–Trinajstić information content (AvgIpc) is 2.80. The van der Waals surface area contributed by atoms with E-state index in [1.165, 1.54) is 32.1 Å². The molecule has 0 aromatic carbocycles. The Labute approximate surface area is 143 Å². The zero-order valence-electron chi connectivity index (χ0n) is 15.0. The van der Waals surface area contributed by atoms with Gasteiger partial charge in [0.25, 0.3) is 0 Å². The molecule has 0 amide bonds. The molecule has 5 aliphatic carbocycles. The van der Waals surface area contributed by atoms with Crippen molar-refractivity contribution in [3.8, 4) is 0 Å². The first-order chi connectivity index (χ1) is 10.6. The maximum absolute atomic E-state index is 12.8. The molecule has 5 saturated carbocycles. The molecular formula is C19H29NO2S. The van der Waals surface area contributed by atoms with Crippen LogP contribution in [0, 0.1) is 34.5 Å². The van der Waals surface area contributed by atoms with E-state index >= 15 is 0 Å². The standard InChI is InChI=1S/C19H29NO2S/c1-16(2)15(21)17(3,4)19(16)20(5)22-18(23-19)13-7-11-6-12(9-13)10-14(18)8-11/h11-14H,6-10H2,1-5H3. The minimum atomic E-state index is -0.339. The Hall–Kier alpha value is -0.0600. The molecule has 2 spiro atoms. The third kappa shape index (κ3) is 1.40. The fourth-order valence-electron chi connectivity index (χ4n) is 7.60. The zero-order valence-corrected chi connectivity index (χ0v) is 15.8. The molecule has 0 aromatic heterocycles. The van der Waals surface area contributed by atoms with E-state index in [-0.39, 0.29) is 20.6 Å². The van der Waals surface area contributed by atoms with E-state index in [1.807, 2.05) is 11.8 Å². The summed E-state index contributed by atoms with van der Waals surface area (Å²) in [6.07, 6.45) is 6.85. The van der Waals surface area contributed by atoms with Crippen molar-refractivity contribution in [3.63, 3.8) is 0 Å². The van der Waals surface area contributed by atoms with Gasteiger partial charge in [0.05, 0.1) is 10.8 Å². The molecule has 23 heavy (non-hydrogen) atoms. The predicted octanol–water partition coefficient (Wildman–Crippen LogP) is 4.08. The van der Waals surface area contributed by atoms with Crippen LogP contribution >= 0.6 is 11.8 Å². The second kappa shape index (κ2) is 4.02. The highest BCUT2D eigenvalue weighted by atomic mass is 32.2. The van der Waals surface area contributed by atoms with Crippen molar-refractivity contribution in [2.24, 2.45) is 34.5 Å². The summed E-state index contributed by atoms with van der Waals surface area (Å²) in [7, 11) is 2.09. The number of carbonyl (C=O) groups is 1. The molecule has 1 heterocycles. The Morgan fingerprint density at radius 2 is 1.43 bits per heavy atom. The highest BCUT2D eigenvalue weighted by Crippen LogP contribution is 2.77. The van der Waals surface area contributed by atoms with Gasteiger partial charge in [-0.25, -0.2) is 0 Å². The molecule has 6 aliphatic rings. The molecule has 0 aromatic rings. The van der Waals surface area contributed by atoms with E-state index < -0.39 is 0 Å². The highest BCUT2D eigenvalue weighted by molar-refractivity contribution is 8.02. The summed E-state index contributed by atoms with van der Waals surface area (Å²) >= 11 is 2.05. The minimum absolute atomic E-state index is 0.0581. The van der Waals surface area contributed by atoms with Crippen molar-refractivity contribution in [1.82, 2.24) is 5.06 Å². The fourth-order valence-corrected chi connectivity index (χ4v) is 9.79. The van der Waals surface area contributed by atoms with Crippen LogP contribution in [0.1, 0.15) is 59.8 Å². The van der Waals surface area contributed by atoms with Crippen molar-refractivity contribution < 1.29 is 9.63 Å². The van der Waals surface area contributed by atoms with Gasteiger partial charge >= 0.3 is 0 Å². The summed E-state index contributed by atoms with van der Waals surface area (Å²) in [5.41, 5.74) is -0.678. The molecule has 1 aliphatic heterocycles. The smallest absolute Gasteiger partial charge is 0.149 e. The molecule has 6 fully saturated rings. The predicted molar refractivity (Wildman–Crippen MR) is 91.5 cm³/mol. The summed E-state index contributed by atoms with van der Waals surface area (Å²) in [5.74, 6) is 3.64. The highest BCUT2D eigenvalue weighted by Gasteiger charge is 2.81. The van der Waals surface area contributed by atoms with E-state index in [4.69, 9.17) is 4.84 Å². The molecule has 3 nitrogen and oxygen atoms in total. The van der Waals surface area contributed by atoms with Crippen molar-refractivity contribution >= 4 is 17.5 Å². The van der Waals surface area contributed by atoms with Gasteiger partial charge in [-0.3, -0.25) is 9.63 Å². The molecule has 128 valence electrons. The van der Waals surface area contributed by atoms with Gasteiger partial charge in [-0.2, -0.15) is 5.06 Å². The van der Waals surface area contributed by atoms with Gasteiger partial charge < -0.3 is 0 Å². The molecule has 0 N–H and O–H groups in total. The summed E-state index contributed by atoms with van der Waals surface area (Å²) in [4.78, 5) is 19.3. The lowest BCUT2D eigenvalue weighted by Crippen LogP contribution is -2.76. The van der Waals surface area contributed by atoms with Crippen molar-refractivity contribution in [3.05, 3.63) is 0 Å². The van der Waals surface area contributed by atoms with E-state index in [0.717, 1.165) is 11.8 Å². The van der Waals surface area contributed by atoms with Crippen LogP contribution in [0.4, 0.5) is 0 Å². The summed E-state index contributed by atoms with van der Waals surface area (Å²) in [6.45, 7) is 8.51. The minimum Gasteiger partial charge on any atom is -0.298 e. The van der Waals surface area contributed by atoms with Crippen molar-refractivity contribution in [2.75, 3.05) is 7.05 Å². The van der Waals surface area contributed by atoms with Crippen LogP contribution < -0.4 is 0 Å². The lowest BCUT2D eigenvalue weighted by atomic mass is 9.50. The maximum atomic E-state index is 12.8. The van der Waals surface area contributed by atoms with Gasteiger partial charge in [-0.15, -0.1) is 0 Å². The number of Topliss-reactive ketones (excluding diaryl/α,β-unsaturated/α-hetero) is 1. The normalized spacial score (nSPS) is 51.6. The average molecular weight is 336 g/mol. The van der Waals surface area contributed by atoms with Gasteiger partial charge in [0, 0.05) is 18.9 Å². The molecule has 0 atom stereocenters. The quantitative estimate of drug-likeness (QED) is 0.667. The molecule has 1 saturated heterocycles. The van der Waals surface area contributed by atoms with E-state index in [0.29, 0.717) is 17.6 Å². The number of hydroxylamine groups is 2. The number of carbonyl (C=O) groups excluding carboxylic acids is 1. The molecule has 0 unspecified atom stereocenters. The van der Waals surface area contributed by atoms with E-state index in [2.05, 4.69) is 39.8 Å².